The second kappa shape index (κ2) is 13.0. The fourth-order valence-electron chi connectivity index (χ4n) is 5.33. The van der Waals surface area contributed by atoms with Crippen molar-refractivity contribution >= 4 is 17.5 Å². The standard InChI is InChI=1S/C31H37N5O5/c1-33-14-6-8-27(33)26-21-28(25-7-4-5-9-29(25)40-3)36(32-26)30(37)22-35(16-15-34-17-19-41-20-18-34)31(38)23-10-12-24(39-2)13-11-23/h4-14,28H,15-22H2,1-3H3. The van der Waals surface area contributed by atoms with E-state index >= 15 is 0 Å². The maximum absolute atomic E-state index is 14.1. The fourth-order valence-corrected chi connectivity index (χ4v) is 5.33. The van der Waals surface area contributed by atoms with Gasteiger partial charge in [-0.25, -0.2) is 5.01 Å². The van der Waals surface area contributed by atoms with Crippen molar-refractivity contribution in [2.75, 3.05) is 60.2 Å². The predicted molar refractivity (Wildman–Crippen MR) is 155 cm³/mol. The SMILES string of the molecule is COc1ccc(C(=O)N(CCN2CCOCC2)CC(=O)N2N=C(c3cccn3C)CC2c2ccccc2OC)cc1. The van der Waals surface area contributed by atoms with Crippen molar-refractivity contribution < 1.29 is 23.8 Å². The topological polar surface area (TPSA) is 88.8 Å². The molecule has 0 N–H and O–H groups in total. The van der Waals surface area contributed by atoms with Crippen molar-refractivity contribution in [1.82, 2.24) is 19.4 Å². The molecule has 1 unspecified atom stereocenters. The number of morpholine rings is 1. The average molecular weight is 560 g/mol. The number of hydrazone groups is 1. The number of ether oxygens (including phenoxy) is 3. The first-order chi connectivity index (χ1) is 20.0. The smallest absolute Gasteiger partial charge is 0.262 e. The lowest BCUT2D eigenvalue weighted by Gasteiger charge is -2.31. The van der Waals surface area contributed by atoms with E-state index in [-0.39, 0.29) is 24.4 Å². The number of rotatable bonds is 10. The van der Waals surface area contributed by atoms with Crippen molar-refractivity contribution in [3.63, 3.8) is 0 Å². The summed E-state index contributed by atoms with van der Waals surface area (Å²) in [4.78, 5) is 31.6. The highest BCUT2D eigenvalue weighted by atomic mass is 16.5. The summed E-state index contributed by atoms with van der Waals surface area (Å²) in [7, 11) is 5.17. The molecule has 3 aromatic rings. The van der Waals surface area contributed by atoms with E-state index in [9.17, 15) is 9.59 Å². The highest BCUT2D eigenvalue weighted by molar-refractivity contribution is 6.03. The Hall–Kier alpha value is -4.15. The number of methoxy groups -OCH3 is 2. The third-order valence-electron chi connectivity index (χ3n) is 7.64. The van der Waals surface area contributed by atoms with Gasteiger partial charge in [0.2, 0.25) is 0 Å². The van der Waals surface area contributed by atoms with Gasteiger partial charge in [-0.05, 0) is 42.5 Å². The number of amides is 2. The molecule has 0 aliphatic carbocycles. The Balaban J connectivity index is 1.42. The monoisotopic (exact) mass is 559 g/mol. The van der Waals surface area contributed by atoms with E-state index in [1.54, 1.807) is 43.4 Å². The molecule has 1 fully saturated rings. The Morgan fingerprint density at radius 2 is 1.76 bits per heavy atom. The number of hydrogen-bond acceptors (Lipinski definition) is 7. The van der Waals surface area contributed by atoms with Crippen LogP contribution in [0.2, 0.25) is 0 Å². The average Bonchev–Trinajstić information content (AvgIpc) is 3.65. The summed E-state index contributed by atoms with van der Waals surface area (Å²) in [6, 6.07) is 18.3. The van der Waals surface area contributed by atoms with Gasteiger partial charge in [0, 0.05) is 57.0 Å². The van der Waals surface area contributed by atoms with E-state index < -0.39 is 0 Å². The van der Waals surface area contributed by atoms with Crippen LogP contribution in [0.1, 0.15) is 34.1 Å². The molecule has 1 saturated heterocycles. The van der Waals surface area contributed by atoms with Gasteiger partial charge < -0.3 is 23.7 Å². The van der Waals surface area contributed by atoms with E-state index in [1.165, 1.54) is 5.01 Å². The van der Waals surface area contributed by atoms with Crippen molar-refractivity contribution in [2.24, 2.45) is 12.1 Å². The van der Waals surface area contributed by atoms with E-state index in [1.807, 2.05) is 54.2 Å². The summed E-state index contributed by atoms with van der Waals surface area (Å²) in [5.74, 6) is 0.886. The van der Waals surface area contributed by atoms with Gasteiger partial charge >= 0.3 is 0 Å². The Labute approximate surface area is 240 Å². The zero-order valence-corrected chi connectivity index (χ0v) is 23.9. The van der Waals surface area contributed by atoms with Crippen LogP contribution in [-0.4, -0.2) is 97.1 Å². The Morgan fingerprint density at radius 3 is 2.44 bits per heavy atom. The van der Waals surface area contributed by atoms with Gasteiger partial charge in [0.1, 0.15) is 18.0 Å². The van der Waals surface area contributed by atoms with Crippen LogP contribution in [0.3, 0.4) is 0 Å². The summed E-state index contributed by atoms with van der Waals surface area (Å²) in [6.07, 6.45) is 2.49. The van der Waals surface area contributed by atoms with Crippen LogP contribution in [0.25, 0.3) is 0 Å². The van der Waals surface area contributed by atoms with Crippen LogP contribution in [0.4, 0.5) is 0 Å². The summed E-state index contributed by atoms with van der Waals surface area (Å²) in [5.41, 5.74) is 3.12. The van der Waals surface area contributed by atoms with E-state index in [0.717, 1.165) is 30.1 Å². The van der Waals surface area contributed by atoms with Gasteiger partial charge in [0.15, 0.2) is 0 Å². The van der Waals surface area contributed by atoms with Gasteiger partial charge in [-0.2, -0.15) is 5.10 Å². The number of para-hydroxylation sites is 1. The number of nitrogens with zero attached hydrogens (tertiary/aromatic N) is 5. The highest BCUT2D eigenvalue weighted by Gasteiger charge is 2.36. The predicted octanol–water partition coefficient (Wildman–Crippen LogP) is 3.19. The lowest BCUT2D eigenvalue weighted by atomic mass is 9.99. The quantitative estimate of drug-likeness (QED) is 0.379. The maximum atomic E-state index is 14.1. The number of hydrogen-bond donors (Lipinski definition) is 0. The Bertz CT molecular complexity index is 1380. The molecule has 216 valence electrons. The molecular formula is C31H37N5O5. The van der Waals surface area contributed by atoms with Crippen molar-refractivity contribution in [1.29, 1.82) is 0 Å². The van der Waals surface area contributed by atoms with Crippen molar-refractivity contribution in [3.8, 4) is 11.5 Å². The molecule has 2 aliphatic rings. The molecule has 2 aromatic carbocycles. The van der Waals surface area contributed by atoms with Crippen molar-refractivity contribution in [3.05, 3.63) is 83.7 Å². The molecule has 0 saturated carbocycles. The van der Waals surface area contributed by atoms with Gasteiger partial charge in [0.25, 0.3) is 11.8 Å². The van der Waals surface area contributed by atoms with Gasteiger partial charge in [-0.1, -0.05) is 18.2 Å². The fraction of sp³-hybridized carbons (Fsp3) is 0.387. The minimum atomic E-state index is -0.360. The zero-order chi connectivity index (χ0) is 28.8. The molecule has 0 radical (unpaired) electrons. The molecule has 3 heterocycles. The van der Waals surface area contributed by atoms with Crippen LogP contribution in [0, 0.1) is 0 Å². The lowest BCUT2D eigenvalue weighted by Crippen LogP contribution is -2.46. The highest BCUT2D eigenvalue weighted by Crippen LogP contribution is 2.37. The van der Waals surface area contributed by atoms with Gasteiger partial charge in [-0.3, -0.25) is 14.5 Å². The number of aryl methyl sites for hydroxylation is 1. The maximum Gasteiger partial charge on any atom is 0.262 e. The van der Waals surface area contributed by atoms with Gasteiger partial charge in [-0.15, -0.1) is 0 Å². The molecule has 10 nitrogen and oxygen atoms in total. The summed E-state index contributed by atoms with van der Waals surface area (Å²) in [5, 5.41) is 6.36. The third-order valence-corrected chi connectivity index (χ3v) is 7.64. The molecule has 2 aliphatic heterocycles. The number of carbonyl (C=O) groups is 2. The van der Waals surface area contributed by atoms with Crippen molar-refractivity contribution in [2.45, 2.75) is 12.5 Å². The molecular weight excluding hydrogens is 522 g/mol. The van der Waals surface area contributed by atoms with Crippen LogP contribution < -0.4 is 9.47 Å². The minimum absolute atomic E-state index is 0.106. The van der Waals surface area contributed by atoms with Crippen LogP contribution in [-0.2, 0) is 16.6 Å². The molecule has 2 amide bonds. The molecule has 0 spiro atoms. The number of aromatic nitrogens is 1. The first-order valence-electron chi connectivity index (χ1n) is 13.9. The Kier molecular flexibility index (Phi) is 9.01. The Morgan fingerprint density at radius 1 is 1.00 bits per heavy atom. The van der Waals surface area contributed by atoms with Crippen LogP contribution in [0.5, 0.6) is 11.5 Å². The summed E-state index contributed by atoms with van der Waals surface area (Å²) in [6.45, 7) is 3.86. The van der Waals surface area contributed by atoms with Crippen LogP contribution >= 0.6 is 0 Å². The molecule has 41 heavy (non-hydrogen) atoms. The van der Waals surface area contributed by atoms with E-state index in [0.29, 0.717) is 49.8 Å². The normalized spacial score (nSPS) is 17.3. The zero-order valence-electron chi connectivity index (χ0n) is 23.9. The van der Waals surface area contributed by atoms with E-state index in [4.69, 9.17) is 19.3 Å². The summed E-state index contributed by atoms with van der Waals surface area (Å²) < 4.78 is 18.4. The molecule has 5 rings (SSSR count). The second-order valence-electron chi connectivity index (χ2n) is 10.2. The number of carbonyl (C=O) groups excluding carboxylic acids is 2. The number of benzene rings is 2. The van der Waals surface area contributed by atoms with Gasteiger partial charge in [0.05, 0.1) is 44.9 Å². The first kappa shape index (κ1) is 28.4. The second-order valence-corrected chi connectivity index (χ2v) is 10.2. The molecule has 1 aromatic heterocycles. The first-order valence-corrected chi connectivity index (χ1v) is 13.9. The van der Waals surface area contributed by atoms with E-state index in [2.05, 4.69) is 4.90 Å². The lowest BCUT2D eigenvalue weighted by molar-refractivity contribution is -0.133. The third kappa shape index (κ3) is 6.44. The largest absolute Gasteiger partial charge is 0.497 e. The molecule has 10 heteroatoms. The van der Waals surface area contributed by atoms with Crippen LogP contribution in [0.15, 0.2) is 72.0 Å². The molecule has 1 atom stereocenters. The molecule has 0 bridgehead atoms. The minimum Gasteiger partial charge on any atom is -0.497 e. The summed E-state index contributed by atoms with van der Waals surface area (Å²) >= 11 is 0.